The Morgan fingerprint density at radius 3 is 2.30 bits per heavy atom. The molecule has 3 fully saturated rings. The van der Waals surface area contributed by atoms with Gasteiger partial charge in [0, 0.05) is 38.4 Å². The van der Waals surface area contributed by atoms with Crippen LogP contribution in [-0.2, 0) is 29.8 Å². The first kappa shape index (κ1) is 34.5. The van der Waals surface area contributed by atoms with E-state index in [0.717, 1.165) is 63.7 Å². The number of rotatable bonds is 11. The minimum absolute atomic E-state index is 0.0623. The van der Waals surface area contributed by atoms with E-state index in [1.807, 2.05) is 0 Å². The molecular formula is C31H41Cl2N5O7S2. The molecule has 0 radical (unpaired) electrons. The van der Waals surface area contributed by atoms with Crippen LogP contribution in [0.5, 0.6) is 0 Å². The van der Waals surface area contributed by atoms with Crippen LogP contribution in [0.15, 0.2) is 57.2 Å². The number of benzene rings is 1. The molecule has 6 rings (SSSR count). The van der Waals surface area contributed by atoms with Gasteiger partial charge in [0.05, 0.1) is 32.8 Å². The molecule has 4 heterocycles. The number of hydrogen-bond donors (Lipinski definition) is 3. The molecule has 1 aromatic carbocycles. The number of carboxylic acids is 1. The van der Waals surface area contributed by atoms with Gasteiger partial charge in [0.2, 0.25) is 20.0 Å². The molecule has 16 heteroatoms. The Hall–Kier alpha value is -2.33. The number of anilines is 1. The van der Waals surface area contributed by atoms with E-state index < -0.39 is 38.0 Å². The maximum Gasteiger partial charge on any atom is 0.306 e. The van der Waals surface area contributed by atoms with Gasteiger partial charge in [0.15, 0.2) is 0 Å². The van der Waals surface area contributed by atoms with Crippen molar-refractivity contribution in [2.45, 2.75) is 75.1 Å². The lowest BCUT2D eigenvalue weighted by Gasteiger charge is -2.35. The molecule has 2 atom stereocenters. The van der Waals surface area contributed by atoms with Crippen LogP contribution in [-0.4, -0.2) is 69.5 Å². The Bertz CT molecular complexity index is 1670. The highest BCUT2D eigenvalue weighted by Crippen LogP contribution is 2.38. The van der Waals surface area contributed by atoms with Crippen LogP contribution in [0.3, 0.4) is 0 Å². The molecule has 0 aromatic heterocycles. The highest BCUT2D eigenvalue weighted by atomic mass is 35.5. The highest BCUT2D eigenvalue weighted by molar-refractivity contribution is 7.93. The van der Waals surface area contributed by atoms with Crippen LogP contribution in [0.1, 0.15) is 64.2 Å². The van der Waals surface area contributed by atoms with Crippen molar-refractivity contribution in [3.63, 3.8) is 0 Å². The molecule has 258 valence electrons. The van der Waals surface area contributed by atoms with Crippen LogP contribution >= 0.6 is 23.2 Å². The van der Waals surface area contributed by atoms with Gasteiger partial charge in [-0.1, -0.05) is 42.5 Å². The fraction of sp³-hybridized carbons (Fsp3) is 0.581. The number of aliphatic carboxylic acids is 1. The first-order valence-corrected chi connectivity index (χ1v) is 19.9. The van der Waals surface area contributed by atoms with E-state index in [9.17, 15) is 26.7 Å². The van der Waals surface area contributed by atoms with Crippen LogP contribution in [0.2, 0.25) is 5.02 Å². The van der Waals surface area contributed by atoms with E-state index in [-0.39, 0.29) is 21.3 Å². The van der Waals surface area contributed by atoms with Gasteiger partial charge < -0.3 is 10.0 Å². The SMILES string of the molecule is O=C(O)C1CCC(NS(=O)(=O)c2ccc(N3CCC(CCCC4CCN(S(=O)(=O)C5=C(Cl)C=CN6ONC=C56)CC4)CC3)c(Cl)c2)C1. The van der Waals surface area contributed by atoms with Crippen molar-refractivity contribution in [1.82, 2.24) is 19.6 Å². The molecule has 12 nitrogen and oxygen atoms in total. The van der Waals surface area contributed by atoms with E-state index in [4.69, 9.17) is 28.1 Å². The van der Waals surface area contributed by atoms with E-state index in [1.54, 1.807) is 18.3 Å². The summed E-state index contributed by atoms with van der Waals surface area (Å²) >= 11 is 12.9. The monoisotopic (exact) mass is 729 g/mol. The molecule has 0 bridgehead atoms. The molecule has 0 spiro atoms. The number of carboxylic acid groups (broad SMARTS) is 1. The van der Waals surface area contributed by atoms with Crippen LogP contribution < -0.4 is 15.1 Å². The van der Waals surface area contributed by atoms with Crippen LogP contribution in [0, 0.1) is 17.8 Å². The molecule has 47 heavy (non-hydrogen) atoms. The van der Waals surface area contributed by atoms with Gasteiger partial charge in [-0.2, -0.15) is 9.24 Å². The number of hydrogen-bond acceptors (Lipinski definition) is 9. The average Bonchev–Trinajstić information content (AvgIpc) is 3.71. The van der Waals surface area contributed by atoms with Crippen molar-refractivity contribution in [2.75, 3.05) is 31.1 Å². The summed E-state index contributed by atoms with van der Waals surface area (Å²) in [6.07, 6.45) is 12.8. The second-order valence-corrected chi connectivity index (χ2v) is 17.4. The molecule has 5 aliphatic rings. The van der Waals surface area contributed by atoms with Gasteiger partial charge >= 0.3 is 5.97 Å². The molecule has 2 saturated heterocycles. The number of halogens is 2. The third kappa shape index (κ3) is 7.63. The van der Waals surface area contributed by atoms with Gasteiger partial charge in [-0.15, -0.1) is 0 Å². The summed E-state index contributed by atoms with van der Waals surface area (Å²) in [5.74, 6) is -0.322. The lowest BCUT2D eigenvalue weighted by atomic mass is 9.87. The Morgan fingerprint density at radius 2 is 1.66 bits per heavy atom. The topological polar surface area (TPSA) is 149 Å². The van der Waals surface area contributed by atoms with Gasteiger partial charge in [-0.05, 0) is 81.1 Å². The van der Waals surface area contributed by atoms with E-state index >= 15 is 0 Å². The fourth-order valence-electron chi connectivity index (χ4n) is 7.35. The molecular weight excluding hydrogens is 689 g/mol. The second kappa shape index (κ2) is 14.3. The van der Waals surface area contributed by atoms with Gasteiger partial charge in [0.1, 0.15) is 10.6 Å². The van der Waals surface area contributed by atoms with Crippen molar-refractivity contribution < 1.29 is 31.7 Å². The van der Waals surface area contributed by atoms with Crippen molar-refractivity contribution in [1.29, 1.82) is 0 Å². The number of nitrogens with one attached hydrogen (secondary N) is 2. The standard InChI is InChI=1S/C31H41Cl2N5O7S2/c32-26-12-17-38-29(20-34-45-38)30(26)47(43,44)37-15-10-22(11-16-37)3-1-2-21-8-13-36(14-9-21)28-7-6-25(19-27(28)33)46(41,42)35-24-5-4-23(18-24)31(39)40/h6-7,12,17,19-24,34-35H,1-5,8-11,13-16,18H2,(H,39,40). The predicted molar refractivity (Wildman–Crippen MR) is 179 cm³/mol. The second-order valence-electron chi connectivity index (χ2n) is 13.0. The normalized spacial score (nSPS) is 24.9. The summed E-state index contributed by atoms with van der Waals surface area (Å²) in [6.45, 7) is 2.61. The van der Waals surface area contributed by atoms with Crippen LogP contribution in [0.4, 0.5) is 5.69 Å². The summed E-state index contributed by atoms with van der Waals surface area (Å²) in [6, 6.07) is 4.42. The predicted octanol–water partition coefficient (Wildman–Crippen LogP) is 4.87. The summed E-state index contributed by atoms with van der Waals surface area (Å²) in [5, 5.41) is 11.1. The Balaban J connectivity index is 0.930. The quantitative estimate of drug-likeness (QED) is 0.288. The Morgan fingerprint density at radius 1 is 0.979 bits per heavy atom. The first-order valence-electron chi connectivity index (χ1n) is 16.2. The molecule has 2 unspecified atom stereocenters. The summed E-state index contributed by atoms with van der Waals surface area (Å²) in [4.78, 5) is 18.8. The number of sulfonamides is 2. The van der Waals surface area contributed by atoms with Crippen LogP contribution in [0.25, 0.3) is 0 Å². The maximum absolute atomic E-state index is 13.5. The number of fused-ring (bicyclic) bond motifs is 1. The first-order chi connectivity index (χ1) is 22.4. The summed E-state index contributed by atoms with van der Waals surface area (Å²) in [5.41, 5.74) is 3.77. The average molecular weight is 731 g/mol. The molecule has 1 saturated carbocycles. The van der Waals surface area contributed by atoms with Gasteiger partial charge in [-0.25, -0.2) is 32.1 Å². The number of hydroxylamine groups is 3. The number of allylic oxidation sites excluding steroid dienone is 2. The number of piperidine rings is 2. The zero-order chi connectivity index (χ0) is 33.3. The number of nitrogens with zero attached hydrogens (tertiary/aromatic N) is 3. The van der Waals surface area contributed by atoms with E-state index in [0.29, 0.717) is 48.5 Å². The summed E-state index contributed by atoms with van der Waals surface area (Å²) < 4.78 is 57.0. The largest absolute Gasteiger partial charge is 0.481 e. The van der Waals surface area contributed by atoms with Crippen molar-refractivity contribution in [3.8, 4) is 0 Å². The van der Waals surface area contributed by atoms with E-state index in [2.05, 4.69) is 15.1 Å². The minimum atomic E-state index is -3.81. The number of carbonyl (C=O) groups is 1. The fourth-order valence-corrected chi connectivity index (χ4v) is 11.1. The smallest absolute Gasteiger partial charge is 0.306 e. The zero-order valence-electron chi connectivity index (χ0n) is 26.0. The lowest BCUT2D eigenvalue weighted by molar-refractivity contribution is -0.141. The maximum atomic E-state index is 13.5. The third-order valence-corrected chi connectivity index (χ3v) is 14.3. The Labute approximate surface area is 286 Å². The lowest BCUT2D eigenvalue weighted by Crippen LogP contribution is -2.40. The van der Waals surface area contributed by atoms with Crippen molar-refractivity contribution in [2.24, 2.45) is 17.8 Å². The zero-order valence-corrected chi connectivity index (χ0v) is 29.1. The van der Waals surface area contributed by atoms with Crippen molar-refractivity contribution in [3.05, 3.63) is 57.3 Å². The summed E-state index contributed by atoms with van der Waals surface area (Å²) in [7, 11) is -7.58. The third-order valence-electron chi connectivity index (χ3n) is 10.1. The molecule has 0 amide bonds. The van der Waals surface area contributed by atoms with Gasteiger partial charge in [-0.3, -0.25) is 4.79 Å². The minimum Gasteiger partial charge on any atom is -0.481 e. The van der Waals surface area contributed by atoms with E-state index in [1.165, 1.54) is 27.7 Å². The van der Waals surface area contributed by atoms with Crippen molar-refractivity contribution >= 4 is 54.9 Å². The highest BCUT2D eigenvalue weighted by Gasteiger charge is 2.39. The van der Waals surface area contributed by atoms with Gasteiger partial charge in [0.25, 0.3) is 0 Å². The molecule has 4 aliphatic heterocycles. The molecule has 3 N–H and O–H groups in total. The molecule has 1 aromatic rings. The molecule has 1 aliphatic carbocycles. The Kier molecular flexibility index (Phi) is 10.5.